The molecule has 0 heterocycles. The summed E-state index contributed by atoms with van der Waals surface area (Å²) in [6, 6.07) is 5.48. The van der Waals surface area contributed by atoms with Gasteiger partial charge in [-0.1, -0.05) is 38.5 Å². The van der Waals surface area contributed by atoms with E-state index in [2.05, 4.69) is 26.1 Å². The van der Waals surface area contributed by atoms with Crippen molar-refractivity contribution in [3.8, 4) is 5.75 Å². The molecule has 2 nitrogen and oxygen atoms in total. The van der Waals surface area contributed by atoms with Crippen LogP contribution in [0.5, 0.6) is 5.75 Å². The molecule has 1 rings (SSSR count). The van der Waals surface area contributed by atoms with Crippen LogP contribution in [0.15, 0.2) is 23.8 Å². The van der Waals surface area contributed by atoms with E-state index in [0.717, 1.165) is 18.5 Å². The molecule has 0 radical (unpaired) electrons. The number of hydrogen-bond acceptors (Lipinski definition) is 2. The van der Waals surface area contributed by atoms with Gasteiger partial charge in [0.05, 0.1) is 7.11 Å². The molecule has 0 aliphatic rings. The average molecular weight is 251 g/mol. The van der Waals surface area contributed by atoms with E-state index in [9.17, 15) is 4.39 Å². The van der Waals surface area contributed by atoms with Crippen molar-refractivity contribution in [2.24, 2.45) is 0 Å². The van der Waals surface area contributed by atoms with Gasteiger partial charge in [-0.25, -0.2) is 4.39 Å². The topological polar surface area (TPSA) is 21.3 Å². The van der Waals surface area contributed by atoms with Crippen LogP contribution < -0.4 is 10.1 Å². The minimum atomic E-state index is -0.321. The largest absolute Gasteiger partial charge is 0.494 e. The predicted octanol–water partition coefficient (Wildman–Crippen LogP) is 3.63. The quantitative estimate of drug-likeness (QED) is 0.833. The van der Waals surface area contributed by atoms with Crippen LogP contribution in [0.25, 0.3) is 6.08 Å². The zero-order chi connectivity index (χ0) is 13.5. The van der Waals surface area contributed by atoms with Crippen molar-refractivity contribution in [3.05, 3.63) is 35.2 Å². The highest BCUT2D eigenvalue weighted by molar-refractivity contribution is 5.54. The highest BCUT2D eigenvalue weighted by atomic mass is 19.1. The Morgan fingerprint density at radius 1 is 1.44 bits per heavy atom. The molecule has 18 heavy (non-hydrogen) atoms. The number of halogens is 1. The van der Waals surface area contributed by atoms with Gasteiger partial charge in [0.15, 0.2) is 11.6 Å². The van der Waals surface area contributed by atoms with Crippen molar-refractivity contribution in [2.45, 2.75) is 33.2 Å². The molecular formula is C15H22FNO. The van der Waals surface area contributed by atoms with Crippen LogP contribution in [0, 0.1) is 5.82 Å². The normalized spacial score (nSPS) is 12.0. The molecule has 100 valence electrons. The third kappa shape index (κ3) is 4.49. The smallest absolute Gasteiger partial charge is 0.165 e. The zero-order valence-electron chi connectivity index (χ0n) is 11.6. The monoisotopic (exact) mass is 251 g/mol. The van der Waals surface area contributed by atoms with E-state index >= 15 is 0 Å². The molecule has 0 spiro atoms. The molecule has 0 saturated heterocycles. The first-order chi connectivity index (χ1) is 8.56. The minimum absolute atomic E-state index is 0.283. The van der Waals surface area contributed by atoms with Gasteiger partial charge in [0.2, 0.25) is 0 Å². The predicted molar refractivity (Wildman–Crippen MR) is 74.4 cm³/mol. The SMILES string of the molecule is CCC(=Cc1ccc(OC)c(F)c1)CNC(C)C. The molecule has 0 saturated carbocycles. The number of nitrogens with one attached hydrogen (secondary N) is 1. The third-order valence-electron chi connectivity index (χ3n) is 2.74. The van der Waals surface area contributed by atoms with Crippen molar-refractivity contribution in [2.75, 3.05) is 13.7 Å². The van der Waals surface area contributed by atoms with Gasteiger partial charge in [-0.2, -0.15) is 0 Å². The van der Waals surface area contributed by atoms with Gasteiger partial charge in [0, 0.05) is 12.6 Å². The van der Waals surface area contributed by atoms with E-state index < -0.39 is 0 Å². The second-order valence-corrected chi connectivity index (χ2v) is 4.59. The Bertz CT molecular complexity index is 413. The Morgan fingerprint density at radius 3 is 2.67 bits per heavy atom. The first-order valence-corrected chi connectivity index (χ1v) is 6.33. The van der Waals surface area contributed by atoms with Crippen LogP contribution in [0.2, 0.25) is 0 Å². The second kappa shape index (κ2) is 7.17. The third-order valence-corrected chi connectivity index (χ3v) is 2.74. The number of ether oxygens (including phenoxy) is 1. The molecule has 3 heteroatoms. The summed E-state index contributed by atoms with van der Waals surface area (Å²) in [5.74, 6) is -0.0379. The summed E-state index contributed by atoms with van der Waals surface area (Å²) in [6.07, 6.45) is 2.98. The first-order valence-electron chi connectivity index (χ1n) is 6.33. The summed E-state index contributed by atoms with van der Waals surface area (Å²) in [5, 5.41) is 3.37. The minimum Gasteiger partial charge on any atom is -0.494 e. The summed E-state index contributed by atoms with van der Waals surface area (Å²) in [7, 11) is 1.47. The number of benzene rings is 1. The van der Waals surface area contributed by atoms with Crippen LogP contribution in [-0.2, 0) is 0 Å². The molecule has 1 aromatic carbocycles. The van der Waals surface area contributed by atoms with Gasteiger partial charge in [0.1, 0.15) is 0 Å². The number of hydrogen-bond donors (Lipinski definition) is 1. The van der Waals surface area contributed by atoms with E-state index in [4.69, 9.17) is 4.74 Å². The van der Waals surface area contributed by atoms with Gasteiger partial charge in [0.25, 0.3) is 0 Å². The Morgan fingerprint density at radius 2 is 2.17 bits per heavy atom. The standard InChI is InChI=1S/C15H22FNO/c1-5-12(10-17-11(2)3)8-13-6-7-15(18-4)14(16)9-13/h6-9,11,17H,5,10H2,1-4H3. The van der Waals surface area contributed by atoms with Gasteiger partial charge in [-0.05, 0) is 24.1 Å². The second-order valence-electron chi connectivity index (χ2n) is 4.59. The maximum absolute atomic E-state index is 13.5. The molecule has 0 aliphatic carbocycles. The lowest BCUT2D eigenvalue weighted by Gasteiger charge is -2.10. The van der Waals surface area contributed by atoms with Crippen LogP contribution in [0.3, 0.4) is 0 Å². The highest BCUT2D eigenvalue weighted by Gasteiger charge is 2.03. The van der Waals surface area contributed by atoms with Gasteiger partial charge >= 0.3 is 0 Å². The molecule has 0 aliphatic heterocycles. The Kier molecular flexibility index (Phi) is 5.86. The van der Waals surface area contributed by atoms with E-state index in [-0.39, 0.29) is 11.6 Å². The van der Waals surface area contributed by atoms with Crippen LogP contribution in [0.4, 0.5) is 4.39 Å². The lowest BCUT2D eigenvalue weighted by molar-refractivity contribution is 0.386. The van der Waals surface area contributed by atoms with Crippen LogP contribution >= 0.6 is 0 Å². The van der Waals surface area contributed by atoms with Crippen LogP contribution in [0.1, 0.15) is 32.8 Å². The molecule has 0 atom stereocenters. The summed E-state index contributed by atoms with van der Waals surface area (Å²) < 4.78 is 18.5. The Hall–Kier alpha value is -1.35. The highest BCUT2D eigenvalue weighted by Crippen LogP contribution is 2.19. The van der Waals surface area contributed by atoms with Gasteiger partial charge < -0.3 is 10.1 Å². The maximum atomic E-state index is 13.5. The molecule has 1 N–H and O–H groups in total. The molecule has 0 amide bonds. The van der Waals surface area contributed by atoms with E-state index in [1.807, 2.05) is 12.1 Å². The van der Waals surface area contributed by atoms with Crippen molar-refractivity contribution in [3.63, 3.8) is 0 Å². The fraction of sp³-hybridized carbons (Fsp3) is 0.467. The van der Waals surface area contributed by atoms with E-state index in [1.165, 1.54) is 18.7 Å². The van der Waals surface area contributed by atoms with Crippen molar-refractivity contribution >= 4 is 6.08 Å². The Labute approximate surface area is 109 Å². The first kappa shape index (κ1) is 14.7. The van der Waals surface area contributed by atoms with E-state index in [0.29, 0.717) is 6.04 Å². The van der Waals surface area contributed by atoms with Crippen LogP contribution in [-0.4, -0.2) is 19.7 Å². The summed E-state index contributed by atoms with van der Waals surface area (Å²) in [4.78, 5) is 0. The average Bonchev–Trinajstić information content (AvgIpc) is 2.34. The summed E-state index contributed by atoms with van der Waals surface area (Å²) >= 11 is 0. The van der Waals surface area contributed by atoms with Crippen molar-refractivity contribution in [1.29, 1.82) is 0 Å². The fourth-order valence-electron chi connectivity index (χ4n) is 1.62. The molecule has 0 unspecified atom stereocenters. The molecule has 0 bridgehead atoms. The lowest BCUT2D eigenvalue weighted by Crippen LogP contribution is -2.24. The maximum Gasteiger partial charge on any atom is 0.165 e. The van der Waals surface area contributed by atoms with Crippen molar-refractivity contribution < 1.29 is 9.13 Å². The molecule has 0 aromatic heterocycles. The van der Waals surface area contributed by atoms with Gasteiger partial charge in [-0.15, -0.1) is 0 Å². The number of rotatable bonds is 6. The van der Waals surface area contributed by atoms with Gasteiger partial charge in [-0.3, -0.25) is 0 Å². The number of methoxy groups -OCH3 is 1. The lowest BCUT2D eigenvalue weighted by atomic mass is 10.1. The van der Waals surface area contributed by atoms with Crippen molar-refractivity contribution in [1.82, 2.24) is 5.32 Å². The summed E-state index contributed by atoms with van der Waals surface area (Å²) in [5.41, 5.74) is 2.13. The summed E-state index contributed by atoms with van der Waals surface area (Å²) in [6.45, 7) is 7.16. The Balaban J connectivity index is 2.81. The molecular weight excluding hydrogens is 229 g/mol. The fourth-order valence-corrected chi connectivity index (χ4v) is 1.62. The zero-order valence-corrected chi connectivity index (χ0v) is 11.6. The van der Waals surface area contributed by atoms with E-state index in [1.54, 1.807) is 6.07 Å². The molecule has 1 aromatic rings. The molecule has 0 fully saturated rings.